The molecule has 0 spiro atoms. The molecule has 0 N–H and O–H groups in total. The van der Waals surface area contributed by atoms with Crippen LogP contribution in [0.1, 0.15) is 19.3 Å². The number of carbonyl (C=O) groups is 2. The molecule has 0 saturated carbocycles. The lowest BCUT2D eigenvalue weighted by atomic mass is 10.0. The Kier molecular flexibility index (Phi) is 5.47. The molecule has 1 heterocycles. The highest BCUT2D eigenvalue weighted by Gasteiger charge is 2.32. The number of rotatable bonds is 4. The summed E-state index contributed by atoms with van der Waals surface area (Å²) in [7, 11) is 1.37. The Hall–Kier alpha value is -1.49. The number of thioether (sulfide) groups is 1. The van der Waals surface area contributed by atoms with Gasteiger partial charge in [0.05, 0.1) is 12.9 Å². The van der Waals surface area contributed by atoms with Gasteiger partial charge in [-0.1, -0.05) is 18.2 Å². The van der Waals surface area contributed by atoms with Gasteiger partial charge in [-0.3, -0.25) is 4.79 Å². The number of hydrogen-bond acceptors (Lipinski definition) is 4. The largest absolute Gasteiger partial charge is 0.467 e. The van der Waals surface area contributed by atoms with Crippen LogP contribution in [0.4, 0.5) is 0 Å². The maximum Gasteiger partial charge on any atom is 0.328 e. The molecule has 0 bridgehead atoms. The smallest absolute Gasteiger partial charge is 0.328 e. The molecular formula is C15H19NO3S. The van der Waals surface area contributed by atoms with E-state index in [1.807, 2.05) is 30.3 Å². The van der Waals surface area contributed by atoms with E-state index < -0.39 is 6.04 Å². The molecule has 1 amide bonds. The highest BCUT2D eigenvalue weighted by atomic mass is 32.2. The summed E-state index contributed by atoms with van der Waals surface area (Å²) in [6.07, 6.45) is 2.62. The summed E-state index contributed by atoms with van der Waals surface area (Å²) in [5.41, 5.74) is 0. The van der Waals surface area contributed by atoms with E-state index in [4.69, 9.17) is 4.74 Å². The third-order valence-corrected chi connectivity index (χ3v) is 4.40. The fourth-order valence-electron chi connectivity index (χ4n) is 2.36. The molecule has 1 fully saturated rings. The topological polar surface area (TPSA) is 46.6 Å². The molecule has 20 heavy (non-hydrogen) atoms. The van der Waals surface area contributed by atoms with Crippen LogP contribution < -0.4 is 0 Å². The fourth-order valence-corrected chi connectivity index (χ4v) is 3.16. The Balaban J connectivity index is 1.94. The first kappa shape index (κ1) is 14.9. The van der Waals surface area contributed by atoms with E-state index in [9.17, 15) is 9.59 Å². The van der Waals surface area contributed by atoms with Crippen LogP contribution in [0.3, 0.4) is 0 Å². The minimum Gasteiger partial charge on any atom is -0.467 e. The van der Waals surface area contributed by atoms with Crippen LogP contribution >= 0.6 is 11.8 Å². The number of hydrogen-bond donors (Lipinski definition) is 0. The number of esters is 1. The number of amides is 1. The molecule has 1 saturated heterocycles. The Morgan fingerprint density at radius 3 is 2.75 bits per heavy atom. The number of likely N-dealkylation sites (tertiary alicyclic amines) is 1. The Morgan fingerprint density at radius 2 is 2.05 bits per heavy atom. The van der Waals surface area contributed by atoms with Crippen molar-refractivity contribution in [2.24, 2.45) is 0 Å². The van der Waals surface area contributed by atoms with Crippen molar-refractivity contribution in [3.8, 4) is 0 Å². The molecule has 1 aromatic rings. The van der Waals surface area contributed by atoms with Gasteiger partial charge in [0.25, 0.3) is 0 Å². The van der Waals surface area contributed by atoms with Crippen LogP contribution in [0.25, 0.3) is 0 Å². The van der Waals surface area contributed by atoms with Gasteiger partial charge in [0.15, 0.2) is 0 Å². The van der Waals surface area contributed by atoms with E-state index in [0.29, 0.717) is 18.7 Å². The summed E-state index contributed by atoms with van der Waals surface area (Å²) in [5.74, 6) is 0.0639. The minimum absolute atomic E-state index is 0.00829. The van der Waals surface area contributed by atoms with E-state index in [1.54, 1.807) is 4.90 Å². The molecular weight excluding hydrogens is 274 g/mol. The monoisotopic (exact) mass is 293 g/mol. The van der Waals surface area contributed by atoms with Gasteiger partial charge in [-0.25, -0.2) is 4.79 Å². The lowest BCUT2D eigenvalue weighted by Gasteiger charge is -2.33. The number of methoxy groups -OCH3 is 1. The van der Waals surface area contributed by atoms with E-state index in [2.05, 4.69) is 0 Å². The number of carbonyl (C=O) groups excluding carboxylic acids is 2. The molecule has 0 aliphatic carbocycles. The first-order valence-corrected chi connectivity index (χ1v) is 7.76. The number of nitrogens with zero attached hydrogens (tertiary/aromatic N) is 1. The SMILES string of the molecule is COC(=O)[C@@H]1CCCCN1C(=O)CSc1ccccc1. The van der Waals surface area contributed by atoms with Crippen LogP contribution in [0.5, 0.6) is 0 Å². The standard InChI is InChI=1S/C15H19NO3S/c1-19-15(18)13-9-5-6-10-16(13)14(17)11-20-12-7-3-2-4-8-12/h2-4,7-8,13H,5-6,9-11H2,1H3/t13-/m0/s1. The van der Waals surface area contributed by atoms with Gasteiger partial charge < -0.3 is 9.64 Å². The number of ether oxygens (including phenoxy) is 1. The second kappa shape index (κ2) is 7.33. The summed E-state index contributed by atoms with van der Waals surface area (Å²) in [4.78, 5) is 26.8. The zero-order valence-corrected chi connectivity index (χ0v) is 12.4. The Morgan fingerprint density at radius 1 is 1.30 bits per heavy atom. The maximum atomic E-state index is 12.3. The molecule has 4 nitrogen and oxygen atoms in total. The van der Waals surface area contributed by atoms with E-state index in [0.717, 1.165) is 17.7 Å². The first-order valence-electron chi connectivity index (χ1n) is 6.77. The lowest BCUT2D eigenvalue weighted by molar-refractivity contribution is -0.153. The van der Waals surface area contributed by atoms with Crippen molar-refractivity contribution in [1.29, 1.82) is 0 Å². The average molecular weight is 293 g/mol. The highest BCUT2D eigenvalue weighted by Crippen LogP contribution is 2.22. The molecule has 2 rings (SSSR count). The van der Waals surface area contributed by atoms with E-state index in [1.165, 1.54) is 18.9 Å². The molecule has 1 aromatic carbocycles. The number of benzene rings is 1. The highest BCUT2D eigenvalue weighted by molar-refractivity contribution is 8.00. The third-order valence-electron chi connectivity index (χ3n) is 3.40. The van der Waals surface area contributed by atoms with Crippen molar-refractivity contribution >= 4 is 23.6 Å². The van der Waals surface area contributed by atoms with Crippen molar-refractivity contribution in [3.05, 3.63) is 30.3 Å². The fraction of sp³-hybridized carbons (Fsp3) is 0.467. The van der Waals surface area contributed by atoms with Gasteiger partial charge in [0.2, 0.25) is 5.91 Å². The summed E-state index contributed by atoms with van der Waals surface area (Å²) in [5, 5.41) is 0. The normalized spacial score (nSPS) is 18.6. The van der Waals surface area contributed by atoms with Gasteiger partial charge >= 0.3 is 5.97 Å². The van der Waals surface area contributed by atoms with Crippen molar-refractivity contribution in [2.75, 3.05) is 19.4 Å². The second-order valence-electron chi connectivity index (χ2n) is 4.72. The summed E-state index contributed by atoms with van der Waals surface area (Å²) in [6.45, 7) is 0.647. The predicted molar refractivity (Wildman–Crippen MR) is 78.5 cm³/mol. The molecule has 0 unspecified atom stereocenters. The molecule has 0 aromatic heterocycles. The van der Waals surface area contributed by atoms with Gasteiger partial charge in [0.1, 0.15) is 6.04 Å². The Labute approximate surface area is 123 Å². The molecule has 1 aliphatic rings. The summed E-state index contributed by atoms with van der Waals surface area (Å²) < 4.78 is 4.79. The zero-order chi connectivity index (χ0) is 14.4. The van der Waals surface area contributed by atoms with Crippen molar-refractivity contribution < 1.29 is 14.3 Å². The van der Waals surface area contributed by atoms with Crippen molar-refractivity contribution in [1.82, 2.24) is 4.90 Å². The number of piperidine rings is 1. The molecule has 0 radical (unpaired) electrons. The molecule has 108 valence electrons. The van der Waals surface area contributed by atoms with Gasteiger partial charge in [-0.2, -0.15) is 0 Å². The average Bonchev–Trinajstić information content (AvgIpc) is 2.52. The van der Waals surface area contributed by atoms with Gasteiger partial charge in [-0.05, 0) is 31.4 Å². The van der Waals surface area contributed by atoms with Crippen LogP contribution in [0.15, 0.2) is 35.2 Å². The molecule has 1 aliphatic heterocycles. The van der Waals surface area contributed by atoms with Gasteiger partial charge in [-0.15, -0.1) is 11.8 Å². The molecule has 1 atom stereocenters. The third kappa shape index (κ3) is 3.76. The van der Waals surface area contributed by atoms with Crippen LogP contribution in [0, 0.1) is 0 Å². The van der Waals surface area contributed by atoms with E-state index in [-0.39, 0.29) is 11.9 Å². The zero-order valence-electron chi connectivity index (χ0n) is 11.6. The second-order valence-corrected chi connectivity index (χ2v) is 5.77. The van der Waals surface area contributed by atoms with Crippen LogP contribution in [-0.4, -0.2) is 42.2 Å². The first-order chi connectivity index (χ1) is 9.72. The van der Waals surface area contributed by atoms with Crippen molar-refractivity contribution in [2.45, 2.75) is 30.2 Å². The maximum absolute atomic E-state index is 12.3. The summed E-state index contributed by atoms with van der Waals surface area (Å²) >= 11 is 1.50. The Bertz CT molecular complexity index is 463. The van der Waals surface area contributed by atoms with Crippen LogP contribution in [-0.2, 0) is 14.3 Å². The van der Waals surface area contributed by atoms with Gasteiger partial charge in [0, 0.05) is 11.4 Å². The predicted octanol–water partition coefficient (Wildman–Crippen LogP) is 2.33. The quantitative estimate of drug-likeness (QED) is 0.631. The van der Waals surface area contributed by atoms with Crippen molar-refractivity contribution in [3.63, 3.8) is 0 Å². The lowest BCUT2D eigenvalue weighted by Crippen LogP contribution is -2.49. The molecule has 5 heteroatoms. The summed E-state index contributed by atoms with van der Waals surface area (Å²) in [6, 6.07) is 9.40. The minimum atomic E-state index is -0.405. The van der Waals surface area contributed by atoms with E-state index >= 15 is 0 Å². The van der Waals surface area contributed by atoms with Crippen LogP contribution in [0.2, 0.25) is 0 Å².